The normalized spacial score (nSPS) is 12.3. The fourth-order valence-corrected chi connectivity index (χ4v) is 3.33. The van der Waals surface area contributed by atoms with E-state index in [4.69, 9.17) is 15.5 Å². The second-order valence-corrected chi connectivity index (χ2v) is 8.61. The van der Waals surface area contributed by atoms with E-state index >= 15 is 0 Å². The zero-order valence-electron chi connectivity index (χ0n) is 18.9. The molecule has 2 aromatic carbocycles. The van der Waals surface area contributed by atoms with Crippen LogP contribution >= 0.6 is 0 Å². The number of nitrogens with zero attached hydrogens (tertiary/aromatic N) is 3. The fraction of sp³-hybridized carbons (Fsp3) is 0.320. The van der Waals surface area contributed by atoms with Gasteiger partial charge in [-0.3, -0.25) is 4.79 Å². The van der Waals surface area contributed by atoms with Crippen LogP contribution in [0, 0.1) is 5.82 Å². The van der Waals surface area contributed by atoms with Crippen molar-refractivity contribution in [3.8, 4) is 0 Å². The Balaban J connectivity index is 1.93. The van der Waals surface area contributed by atoms with Gasteiger partial charge in [-0.05, 0) is 62.2 Å². The zero-order valence-corrected chi connectivity index (χ0v) is 18.9. The molecule has 0 fully saturated rings. The van der Waals surface area contributed by atoms with Gasteiger partial charge in [0.25, 0.3) is 0 Å². The van der Waals surface area contributed by atoms with E-state index in [1.165, 1.54) is 12.1 Å². The number of carbonyl (C=O) groups excluding carboxylic acids is 1. The topological polar surface area (TPSA) is 81.3 Å². The van der Waals surface area contributed by atoms with Gasteiger partial charge in [0.2, 0.25) is 5.95 Å². The minimum Gasteiger partial charge on any atom is -0.460 e. The summed E-state index contributed by atoms with van der Waals surface area (Å²) in [6, 6.07) is 15.7. The number of esters is 1. The molecule has 7 heteroatoms. The molecule has 1 unspecified atom stereocenters. The number of carbonyl (C=O) groups is 1. The van der Waals surface area contributed by atoms with Crippen LogP contribution in [-0.2, 0) is 16.1 Å². The molecule has 0 radical (unpaired) electrons. The number of benzene rings is 2. The van der Waals surface area contributed by atoms with Crippen LogP contribution < -0.4 is 10.6 Å². The lowest BCUT2D eigenvalue weighted by Crippen LogP contribution is -2.25. The van der Waals surface area contributed by atoms with Gasteiger partial charge >= 0.3 is 5.97 Å². The Labute approximate surface area is 188 Å². The fourth-order valence-electron chi connectivity index (χ4n) is 3.33. The maximum Gasteiger partial charge on any atom is 0.307 e. The summed E-state index contributed by atoms with van der Waals surface area (Å²) in [6.07, 6.45) is 1.74. The van der Waals surface area contributed by atoms with Gasteiger partial charge in [-0.15, -0.1) is 0 Å². The summed E-state index contributed by atoms with van der Waals surface area (Å²) in [6.45, 7) is 5.95. The second-order valence-electron chi connectivity index (χ2n) is 8.61. The highest BCUT2D eigenvalue weighted by atomic mass is 19.1. The third-order valence-corrected chi connectivity index (χ3v) is 4.94. The Morgan fingerprint density at radius 1 is 1.09 bits per heavy atom. The van der Waals surface area contributed by atoms with Crippen LogP contribution in [0.4, 0.5) is 16.0 Å². The van der Waals surface area contributed by atoms with Crippen LogP contribution in [0.5, 0.6) is 0 Å². The molecule has 168 valence electrons. The SMILES string of the molecule is CN(c1ccc(CN)cc1)c1nccc(C(CC(=O)OC(C)(C)C)c2ccc(F)cc2)n1. The lowest BCUT2D eigenvalue weighted by molar-refractivity contribution is -0.155. The highest BCUT2D eigenvalue weighted by Gasteiger charge is 2.25. The van der Waals surface area contributed by atoms with Gasteiger partial charge < -0.3 is 15.4 Å². The minimum absolute atomic E-state index is 0.0776. The van der Waals surface area contributed by atoms with E-state index in [2.05, 4.69) is 4.98 Å². The minimum atomic E-state index is -0.600. The maximum atomic E-state index is 13.5. The van der Waals surface area contributed by atoms with Gasteiger partial charge in [-0.2, -0.15) is 0 Å². The first-order valence-corrected chi connectivity index (χ1v) is 10.5. The Kier molecular flexibility index (Phi) is 7.20. The number of rotatable bonds is 7. The Morgan fingerprint density at radius 3 is 2.34 bits per heavy atom. The standard InChI is InChI=1S/C25H29FN4O2/c1-25(2,3)32-23(31)15-21(18-7-9-19(26)10-8-18)22-13-14-28-24(29-22)30(4)20-11-5-17(16-27)6-12-20/h5-14,21H,15-16,27H2,1-4H3. The van der Waals surface area contributed by atoms with E-state index in [0.29, 0.717) is 18.2 Å². The van der Waals surface area contributed by atoms with Crippen molar-refractivity contribution in [2.75, 3.05) is 11.9 Å². The maximum absolute atomic E-state index is 13.5. The molecule has 1 aromatic heterocycles. The van der Waals surface area contributed by atoms with Crippen molar-refractivity contribution in [3.05, 3.63) is 83.4 Å². The molecule has 6 nitrogen and oxygen atoms in total. The largest absolute Gasteiger partial charge is 0.460 e. The van der Waals surface area contributed by atoms with Crippen molar-refractivity contribution in [1.29, 1.82) is 0 Å². The highest BCUT2D eigenvalue weighted by Crippen LogP contribution is 2.30. The van der Waals surface area contributed by atoms with E-state index in [0.717, 1.165) is 16.8 Å². The monoisotopic (exact) mass is 436 g/mol. The molecule has 0 saturated carbocycles. The van der Waals surface area contributed by atoms with Crippen molar-refractivity contribution in [1.82, 2.24) is 9.97 Å². The zero-order chi connectivity index (χ0) is 23.3. The number of halogens is 1. The summed E-state index contributed by atoms with van der Waals surface area (Å²) in [5.41, 5.74) is 8.45. The third-order valence-electron chi connectivity index (χ3n) is 4.94. The molecule has 0 aliphatic heterocycles. The third kappa shape index (κ3) is 6.11. The summed E-state index contributed by atoms with van der Waals surface area (Å²) in [5.74, 6) is -0.606. The molecule has 0 spiro atoms. The molecular weight excluding hydrogens is 407 g/mol. The van der Waals surface area contributed by atoms with E-state index in [1.54, 1.807) is 24.4 Å². The molecule has 0 saturated heterocycles. The molecule has 32 heavy (non-hydrogen) atoms. The van der Waals surface area contributed by atoms with Crippen LogP contribution in [0.3, 0.4) is 0 Å². The van der Waals surface area contributed by atoms with Gasteiger partial charge in [-0.1, -0.05) is 24.3 Å². The number of anilines is 2. The molecule has 0 amide bonds. The molecular formula is C25H29FN4O2. The molecule has 3 aromatic rings. The summed E-state index contributed by atoms with van der Waals surface area (Å²) >= 11 is 0. The quantitative estimate of drug-likeness (QED) is 0.541. The predicted octanol–water partition coefficient (Wildman–Crippen LogP) is 4.71. The van der Waals surface area contributed by atoms with Crippen LogP contribution in [0.15, 0.2) is 60.8 Å². The summed E-state index contributed by atoms with van der Waals surface area (Å²) < 4.78 is 19.0. The summed E-state index contributed by atoms with van der Waals surface area (Å²) in [7, 11) is 1.87. The van der Waals surface area contributed by atoms with Crippen LogP contribution in [0.25, 0.3) is 0 Å². The number of aromatic nitrogens is 2. The molecule has 0 aliphatic carbocycles. The van der Waals surface area contributed by atoms with Crippen molar-refractivity contribution < 1.29 is 13.9 Å². The first-order valence-electron chi connectivity index (χ1n) is 10.5. The van der Waals surface area contributed by atoms with Crippen LogP contribution in [-0.4, -0.2) is 28.6 Å². The Hall–Kier alpha value is -3.32. The van der Waals surface area contributed by atoms with Gasteiger partial charge in [0, 0.05) is 31.4 Å². The number of hydrogen-bond acceptors (Lipinski definition) is 6. The molecule has 0 bridgehead atoms. The molecule has 0 aliphatic rings. The van der Waals surface area contributed by atoms with E-state index in [9.17, 15) is 9.18 Å². The van der Waals surface area contributed by atoms with E-state index in [-0.39, 0.29) is 18.2 Å². The van der Waals surface area contributed by atoms with Crippen LogP contribution in [0.2, 0.25) is 0 Å². The van der Waals surface area contributed by atoms with E-state index in [1.807, 2.05) is 57.0 Å². The van der Waals surface area contributed by atoms with Gasteiger partial charge in [0.15, 0.2) is 0 Å². The molecule has 1 heterocycles. The molecule has 1 atom stereocenters. The highest BCUT2D eigenvalue weighted by molar-refractivity contribution is 5.72. The predicted molar refractivity (Wildman–Crippen MR) is 123 cm³/mol. The van der Waals surface area contributed by atoms with Crippen LogP contribution in [0.1, 0.15) is 49.9 Å². The smallest absolute Gasteiger partial charge is 0.307 e. The van der Waals surface area contributed by atoms with Crippen molar-refractivity contribution in [2.45, 2.75) is 45.3 Å². The first kappa shape index (κ1) is 23.3. The molecule has 2 N–H and O–H groups in total. The average Bonchev–Trinajstić information content (AvgIpc) is 2.76. The number of nitrogens with two attached hydrogens (primary N) is 1. The Bertz CT molecular complexity index is 1050. The lowest BCUT2D eigenvalue weighted by atomic mass is 9.92. The van der Waals surface area contributed by atoms with E-state index < -0.39 is 11.5 Å². The van der Waals surface area contributed by atoms with Gasteiger partial charge in [-0.25, -0.2) is 14.4 Å². The van der Waals surface area contributed by atoms with Crippen molar-refractivity contribution in [2.24, 2.45) is 5.73 Å². The average molecular weight is 437 g/mol. The van der Waals surface area contributed by atoms with Gasteiger partial charge in [0.05, 0.1) is 12.1 Å². The van der Waals surface area contributed by atoms with Crippen molar-refractivity contribution >= 4 is 17.6 Å². The first-order chi connectivity index (χ1) is 15.2. The lowest BCUT2D eigenvalue weighted by Gasteiger charge is -2.23. The van der Waals surface area contributed by atoms with Crippen molar-refractivity contribution in [3.63, 3.8) is 0 Å². The number of hydrogen-bond donors (Lipinski definition) is 1. The summed E-state index contributed by atoms with van der Waals surface area (Å²) in [4.78, 5) is 23.6. The summed E-state index contributed by atoms with van der Waals surface area (Å²) in [5, 5.41) is 0. The van der Waals surface area contributed by atoms with Gasteiger partial charge in [0.1, 0.15) is 11.4 Å². The Morgan fingerprint density at radius 2 is 1.75 bits per heavy atom. The number of ether oxygens (including phenoxy) is 1. The second kappa shape index (κ2) is 9.87. The molecule has 3 rings (SSSR count).